The van der Waals surface area contributed by atoms with Gasteiger partial charge in [0.05, 0.1) is 12.6 Å². The Balaban J connectivity index is 1.41. The van der Waals surface area contributed by atoms with E-state index in [1.807, 2.05) is 90.7 Å². The quantitative estimate of drug-likeness (QED) is 0.386. The minimum absolute atomic E-state index is 0.0121. The highest BCUT2D eigenvalue weighted by molar-refractivity contribution is 6.00. The van der Waals surface area contributed by atoms with E-state index in [0.717, 1.165) is 27.6 Å². The van der Waals surface area contributed by atoms with Crippen LogP contribution in [0.1, 0.15) is 27.2 Å². The molecule has 2 N–H and O–H groups in total. The minimum atomic E-state index is -0.204. The third kappa shape index (κ3) is 5.52. The third-order valence-corrected chi connectivity index (χ3v) is 6.79. The van der Waals surface area contributed by atoms with Crippen LogP contribution in [-0.2, 0) is 17.8 Å². The van der Waals surface area contributed by atoms with Crippen molar-refractivity contribution < 1.29 is 19.4 Å². The molecule has 1 aliphatic rings. The number of amides is 2. The van der Waals surface area contributed by atoms with Crippen molar-refractivity contribution in [2.75, 3.05) is 26.3 Å². The number of aromatic nitrogens is 1. The van der Waals surface area contributed by atoms with Crippen LogP contribution >= 0.6 is 0 Å². The minimum Gasteiger partial charge on any atom is -0.491 e. The van der Waals surface area contributed by atoms with Crippen molar-refractivity contribution in [1.82, 2.24) is 14.8 Å². The highest BCUT2D eigenvalue weighted by atomic mass is 16.5. The number of ether oxygens (including phenoxy) is 1. The molecule has 1 fully saturated rings. The number of nitrogens with one attached hydrogen (secondary N) is 1. The number of hydrogen-bond acceptors (Lipinski definition) is 4. The standard InChI is InChI=1S/C30H31N3O4/c1-21-11-12-26-24(15-21)17-27(31-26)30(36)32-19-25(16-22-7-3-2-4-8-22)33(29(35)20-32)18-23-9-5-6-10-28(23)37-14-13-34/h2-12,15,17,25,31,34H,13-14,16,18-20H2,1H3/t25-/m0/s1. The van der Waals surface area contributed by atoms with Crippen molar-refractivity contribution in [2.45, 2.75) is 25.9 Å². The van der Waals surface area contributed by atoms with Crippen LogP contribution < -0.4 is 4.74 Å². The van der Waals surface area contributed by atoms with E-state index in [1.165, 1.54) is 0 Å². The van der Waals surface area contributed by atoms with Gasteiger partial charge < -0.3 is 24.6 Å². The molecule has 0 bridgehead atoms. The molecule has 0 radical (unpaired) electrons. The van der Waals surface area contributed by atoms with Crippen molar-refractivity contribution >= 4 is 22.7 Å². The zero-order valence-corrected chi connectivity index (χ0v) is 20.9. The Kier molecular flexibility index (Phi) is 7.23. The number of fused-ring (bicyclic) bond motifs is 1. The number of carbonyl (C=O) groups is 2. The molecule has 1 atom stereocenters. The summed E-state index contributed by atoms with van der Waals surface area (Å²) in [6.07, 6.45) is 0.627. The molecule has 5 rings (SSSR count). The maximum absolute atomic E-state index is 13.5. The monoisotopic (exact) mass is 497 g/mol. The maximum Gasteiger partial charge on any atom is 0.270 e. The summed E-state index contributed by atoms with van der Waals surface area (Å²) in [5.74, 6) is 0.366. The van der Waals surface area contributed by atoms with Crippen molar-refractivity contribution in [1.29, 1.82) is 0 Å². The number of carbonyl (C=O) groups excluding carboxylic acids is 2. The fourth-order valence-electron chi connectivity index (χ4n) is 4.96. The van der Waals surface area contributed by atoms with Gasteiger partial charge in [0.2, 0.25) is 5.91 Å². The molecule has 2 heterocycles. The van der Waals surface area contributed by atoms with Crippen LogP contribution in [0.15, 0.2) is 78.9 Å². The van der Waals surface area contributed by atoms with Gasteiger partial charge in [-0.3, -0.25) is 9.59 Å². The lowest BCUT2D eigenvalue weighted by molar-refractivity contribution is -0.139. The molecule has 1 aromatic heterocycles. The molecular formula is C30H31N3O4. The zero-order chi connectivity index (χ0) is 25.8. The van der Waals surface area contributed by atoms with Crippen molar-refractivity contribution in [3.8, 4) is 5.75 Å². The first-order valence-corrected chi connectivity index (χ1v) is 12.6. The van der Waals surface area contributed by atoms with Gasteiger partial charge in [-0.1, -0.05) is 60.2 Å². The first kappa shape index (κ1) is 24.6. The summed E-state index contributed by atoms with van der Waals surface area (Å²) in [5.41, 5.74) is 4.49. The molecule has 0 aliphatic carbocycles. The van der Waals surface area contributed by atoms with Gasteiger partial charge in [0.15, 0.2) is 0 Å². The predicted octanol–water partition coefficient (Wildman–Crippen LogP) is 3.94. The van der Waals surface area contributed by atoms with E-state index in [4.69, 9.17) is 4.74 Å². The van der Waals surface area contributed by atoms with E-state index in [2.05, 4.69) is 4.98 Å². The molecule has 0 spiro atoms. The summed E-state index contributed by atoms with van der Waals surface area (Å²) >= 11 is 0. The number of para-hydroxylation sites is 1. The third-order valence-electron chi connectivity index (χ3n) is 6.79. The first-order chi connectivity index (χ1) is 18.0. The van der Waals surface area contributed by atoms with E-state index < -0.39 is 0 Å². The second-order valence-corrected chi connectivity index (χ2v) is 9.50. The molecule has 7 heteroatoms. The second kappa shape index (κ2) is 10.9. The Labute approximate surface area is 216 Å². The van der Waals surface area contributed by atoms with Gasteiger partial charge in [-0.05, 0) is 43.2 Å². The number of hydrogen-bond donors (Lipinski definition) is 2. The van der Waals surface area contributed by atoms with Crippen molar-refractivity contribution in [3.63, 3.8) is 0 Å². The van der Waals surface area contributed by atoms with E-state index in [9.17, 15) is 14.7 Å². The first-order valence-electron chi connectivity index (χ1n) is 12.6. The summed E-state index contributed by atoms with van der Waals surface area (Å²) < 4.78 is 5.71. The van der Waals surface area contributed by atoms with Crippen LogP contribution in [0.25, 0.3) is 10.9 Å². The van der Waals surface area contributed by atoms with Crippen molar-refractivity contribution in [2.24, 2.45) is 0 Å². The lowest BCUT2D eigenvalue weighted by Crippen LogP contribution is -2.58. The van der Waals surface area contributed by atoms with Gasteiger partial charge in [-0.15, -0.1) is 0 Å². The van der Waals surface area contributed by atoms with E-state index in [0.29, 0.717) is 31.0 Å². The van der Waals surface area contributed by atoms with Gasteiger partial charge in [0.25, 0.3) is 5.91 Å². The Morgan fingerprint density at radius 1 is 1.05 bits per heavy atom. The number of aliphatic hydroxyl groups is 1. The van der Waals surface area contributed by atoms with Gasteiger partial charge in [-0.2, -0.15) is 0 Å². The smallest absolute Gasteiger partial charge is 0.270 e. The molecule has 37 heavy (non-hydrogen) atoms. The van der Waals surface area contributed by atoms with Crippen LogP contribution in [-0.4, -0.2) is 64.0 Å². The number of aryl methyl sites for hydroxylation is 1. The number of rotatable bonds is 8. The van der Waals surface area contributed by atoms with Crippen LogP contribution in [0.3, 0.4) is 0 Å². The van der Waals surface area contributed by atoms with Crippen LogP contribution in [0.5, 0.6) is 5.75 Å². The number of nitrogens with zero attached hydrogens (tertiary/aromatic N) is 2. The van der Waals surface area contributed by atoms with Crippen LogP contribution in [0, 0.1) is 6.92 Å². The Morgan fingerprint density at radius 2 is 1.84 bits per heavy atom. The summed E-state index contributed by atoms with van der Waals surface area (Å²) in [7, 11) is 0. The lowest BCUT2D eigenvalue weighted by Gasteiger charge is -2.41. The highest BCUT2D eigenvalue weighted by Gasteiger charge is 2.36. The fourth-order valence-corrected chi connectivity index (χ4v) is 4.96. The van der Waals surface area contributed by atoms with E-state index >= 15 is 0 Å². The molecule has 7 nitrogen and oxygen atoms in total. The number of H-pyrrole nitrogens is 1. The van der Waals surface area contributed by atoms with E-state index in [-0.39, 0.29) is 37.6 Å². The molecule has 0 saturated carbocycles. The largest absolute Gasteiger partial charge is 0.491 e. The maximum atomic E-state index is 13.5. The Morgan fingerprint density at radius 3 is 2.65 bits per heavy atom. The predicted molar refractivity (Wildman–Crippen MR) is 142 cm³/mol. The van der Waals surface area contributed by atoms with Gasteiger partial charge in [0, 0.05) is 29.6 Å². The Bertz CT molecular complexity index is 1400. The molecule has 4 aromatic rings. The normalized spacial score (nSPS) is 15.8. The van der Waals surface area contributed by atoms with Gasteiger partial charge in [-0.25, -0.2) is 0 Å². The molecule has 1 saturated heterocycles. The molecule has 1 aliphatic heterocycles. The number of aromatic amines is 1. The number of aliphatic hydroxyl groups excluding tert-OH is 1. The molecular weight excluding hydrogens is 466 g/mol. The van der Waals surface area contributed by atoms with Crippen LogP contribution in [0.4, 0.5) is 0 Å². The average Bonchev–Trinajstić information content (AvgIpc) is 3.33. The summed E-state index contributed by atoms with van der Waals surface area (Å²) in [4.78, 5) is 33.8. The van der Waals surface area contributed by atoms with E-state index in [1.54, 1.807) is 4.90 Å². The molecule has 3 aromatic carbocycles. The molecule has 190 valence electrons. The number of benzene rings is 3. The topological polar surface area (TPSA) is 85.9 Å². The fraction of sp³-hybridized carbons (Fsp3) is 0.267. The lowest BCUT2D eigenvalue weighted by atomic mass is 10.0. The molecule has 2 amide bonds. The SMILES string of the molecule is Cc1ccc2[nH]c(C(=O)N3CC(=O)N(Cc4ccccc4OCCO)[C@@H](Cc4ccccc4)C3)cc2c1. The zero-order valence-electron chi connectivity index (χ0n) is 20.9. The van der Waals surface area contributed by atoms with Crippen molar-refractivity contribution in [3.05, 3.63) is 101 Å². The average molecular weight is 498 g/mol. The number of piperazine rings is 1. The van der Waals surface area contributed by atoms with Crippen LogP contribution in [0.2, 0.25) is 0 Å². The Hall–Kier alpha value is -4.10. The summed E-state index contributed by atoms with van der Waals surface area (Å²) in [6.45, 7) is 2.92. The molecule has 0 unspecified atom stereocenters. The van der Waals surface area contributed by atoms with Gasteiger partial charge >= 0.3 is 0 Å². The summed E-state index contributed by atoms with van der Waals surface area (Å²) in [6, 6.07) is 25.3. The van der Waals surface area contributed by atoms with Gasteiger partial charge in [0.1, 0.15) is 24.6 Å². The second-order valence-electron chi connectivity index (χ2n) is 9.50. The summed E-state index contributed by atoms with van der Waals surface area (Å²) in [5, 5.41) is 10.2. The highest BCUT2D eigenvalue weighted by Crippen LogP contribution is 2.26.